The fraction of sp³-hybridized carbons (Fsp3) is 0.231. The van der Waals surface area contributed by atoms with Crippen molar-refractivity contribution in [3.63, 3.8) is 0 Å². The number of nitrogens with one attached hydrogen (secondary N) is 1. The zero-order chi connectivity index (χ0) is 13.9. The standard InChI is InChI=1S/C13H15N7/c1-20-18-13(17-19-20)8-12(16-14)11-7-6-9-4-2-3-5-10(9)15-11/h2-7,12,16H,8,14H2,1H3. The highest BCUT2D eigenvalue weighted by Gasteiger charge is 2.15. The van der Waals surface area contributed by atoms with E-state index < -0.39 is 0 Å². The number of para-hydroxylation sites is 1. The Labute approximate surface area is 115 Å². The summed E-state index contributed by atoms with van der Waals surface area (Å²) in [5.41, 5.74) is 4.56. The molecule has 1 unspecified atom stereocenters. The van der Waals surface area contributed by atoms with Crippen molar-refractivity contribution in [2.45, 2.75) is 12.5 Å². The number of benzene rings is 1. The van der Waals surface area contributed by atoms with Crippen LogP contribution in [0.15, 0.2) is 36.4 Å². The molecule has 3 aromatic rings. The third-order valence-corrected chi connectivity index (χ3v) is 3.11. The van der Waals surface area contributed by atoms with E-state index in [9.17, 15) is 0 Å². The Balaban J connectivity index is 1.90. The first-order valence-electron chi connectivity index (χ1n) is 6.31. The maximum Gasteiger partial charge on any atom is 0.176 e. The Kier molecular flexibility index (Phi) is 3.36. The van der Waals surface area contributed by atoms with Crippen molar-refractivity contribution in [1.82, 2.24) is 30.6 Å². The van der Waals surface area contributed by atoms with E-state index in [-0.39, 0.29) is 6.04 Å². The molecular formula is C13H15N7. The number of nitrogens with two attached hydrogens (primary N) is 1. The average Bonchev–Trinajstić information content (AvgIpc) is 2.89. The van der Waals surface area contributed by atoms with Gasteiger partial charge in [0, 0.05) is 11.8 Å². The second kappa shape index (κ2) is 5.32. The largest absolute Gasteiger partial charge is 0.271 e. The predicted molar refractivity (Wildman–Crippen MR) is 74.3 cm³/mol. The van der Waals surface area contributed by atoms with Crippen molar-refractivity contribution in [3.8, 4) is 0 Å². The van der Waals surface area contributed by atoms with Crippen LogP contribution in [0.25, 0.3) is 10.9 Å². The SMILES string of the molecule is Cn1nnc(CC(NN)c2ccc3ccccc3n2)n1. The fourth-order valence-corrected chi connectivity index (χ4v) is 2.11. The number of hydrogen-bond acceptors (Lipinski definition) is 6. The monoisotopic (exact) mass is 269 g/mol. The van der Waals surface area contributed by atoms with Crippen LogP contribution in [-0.2, 0) is 13.5 Å². The molecule has 0 aliphatic heterocycles. The highest BCUT2D eigenvalue weighted by atomic mass is 15.6. The Hall–Kier alpha value is -2.38. The minimum atomic E-state index is -0.149. The van der Waals surface area contributed by atoms with Gasteiger partial charge in [0.25, 0.3) is 0 Å². The lowest BCUT2D eigenvalue weighted by atomic mass is 10.1. The highest BCUT2D eigenvalue weighted by molar-refractivity contribution is 5.78. The first-order chi connectivity index (χ1) is 9.76. The number of tetrazole rings is 1. The molecule has 7 nitrogen and oxygen atoms in total. The summed E-state index contributed by atoms with van der Waals surface area (Å²) in [6.07, 6.45) is 0.537. The Morgan fingerprint density at radius 3 is 2.85 bits per heavy atom. The number of rotatable bonds is 4. The van der Waals surface area contributed by atoms with Crippen molar-refractivity contribution in [2.24, 2.45) is 12.9 Å². The van der Waals surface area contributed by atoms with Gasteiger partial charge < -0.3 is 0 Å². The van der Waals surface area contributed by atoms with Gasteiger partial charge in [-0.3, -0.25) is 16.3 Å². The van der Waals surface area contributed by atoms with Gasteiger partial charge in [0.1, 0.15) is 0 Å². The molecule has 3 rings (SSSR count). The molecular weight excluding hydrogens is 254 g/mol. The van der Waals surface area contributed by atoms with E-state index in [0.29, 0.717) is 12.2 Å². The summed E-state index contributed by atoms with van der Waals surface area (Å²) < 4.78 is 0. The van der Waals surface area contributed by atoms with Crippen molar-refractivity contribution >= 4 is 10.9 Å². The van der Waals surface area contributed by atoms with Crippen LogP contribution in [0.4, 0.5) is 0 Å². The number of nitrogens with zero attached hydrogens (tertiary/aromatic N) is 5. The van der Waals surface area contributed by atoms with E-state index >= 15 is 0 Å². The van der Waals surface area contributed by atoms with E-state index in [1.165, 1.54) is 4.80 Å². The fourth-order valence-electron chi connectivity index (χ4n) is 2.11. The lowest BCUT2D eigenvalue weighted by Crippen LogP contribution is -2.30. The van der Waals surface area contributed by atoms with Gasteiger partial charge >= 0.3 is 0 Å². The molecule has 0 bridgehead atoms. The molecule has 0 aliphatic carbocycles. The molecule has 0 fully saturated rings. The zero-order valence-corrected chi connectivity index (χ0v) is 11.1. The molecule has 1 aromatic carbocycles. The van der Waals surface area contributed by atoms with Gasteiger partial charge in [-0.2, -0.15) is 4.80 Å². The van der Waals surface area contributed by atoms with Crippen LogP contribution < -0.4 is 11.3 Å². The molecule has 2 aromatic heterocycles. The van der Waals surface area contributed by atoms with Gasteiger partial charge in [-0.1, -0.05) is 24.3 Å². The molecule has 0 saturated carbocycles. The summed E-state index contributed by atoms with van der Waals surface area (Å²) in [5, 5.41) is 13.0. The summed E-state index contributed by atoms with van der Waals surface area (Å²) in [4.78, 5) is 6.05. The first-order valence-corrected chi connectivity index (χ1v) is 6.31. The maximum absolute atomic E-state index is 5.63. The number of hydrogen-bond donors (Lipinski definition) is 2. The van der Waals surface area contributed by atoms with Crippen LogP contribution >= 0.6 is 0 Å². The molecule has 20 heavy (non-hydrogen) atoms. The molecule has 7 heteroatoms. The lowest BCUT2D eigenvalue weighted by Gasteiger charge is -2.13. The Bertz CT molecular complexity index is 721. The molecule has 1 atom stereocenters. The topological polar surface area (TPSA) is 94.5 Å². The number of fused-ring (bicyclic) bond motifs is 1. The summed E-state index contributed by atoms with van der Waals surface area (Å²) in [7, 11) is 1.73. The van der Waals surface area contributed by atoms with E-state index in [1.54, 1.807) is 7.05 Å². The quantitative estimate of drug-likeness (QED) is 0.529. The summed E-state index contributed by atoms with van der Waals surface area (Å²) >= 11 is 0. The van der Waals surface area contributed by atoms with Gasteiger partial charge in [-0.15, -0.1) is 10.2 Å². The van der Waals surface area contributed by atoms with E-state index in [4.69, 9.17) is 5.84 Å². The molecule has 102 valence electrons. The molecule has 2 heterocycles. The van der Waals surface area contributed by atoms with Crippen LogP contribution in [0.2, 0.25) is 0 Å². The molecule has 0 radical (unpaired) electrons. The van der Waals surface area contributed by atoms with Crippen LogP contribution in [0, 0.1) is 0 Å². The molecule has 0 saturated heterocycles. The zero-order valence-electron chi connectivity index (χ0n) is 11.1. The van der Waals surface area contributed by atoms with Gasteiger partial charge in [0.2, 0.25) is 0 Å². The van der Waals surface area contributed by atoms with Gasteiger partial charge in [0.15, 0.2) is 5.82 Å². The summed E-state index contributed by atoms with van der Waals surface area (Å²) in [5.74, 6) is 6.26. The Morgan fingerprint density at radius 2 is 2.10 bits per heavy atom. The first kappa shape index (κ1) is 12.6. The van der Waals surface area contributed by atoms with E-state index in [1.807, 2.05) is 36.4 Å². The van der Waals surface area contributed by atoms with Gasteiger partial charge in [-0.25, -0.2) is 0 Å². The number of aryl methyl sites for hydroxylation is 1. The third-order valence-electron chi connectivity index (χ3n) is 3.11. The van der Waals surface area contributed by atoms with Crippen molar-refractivity contribution in [2.75, 3.05) is 0 Å². The normalized spacial score (nSPS) is 12.7. The summed E-state index contributed by atoms with van der Waals surface area (Å²) in [6, 6.07) is 11.8. The van der Waals surface area contributed by atoms with Crippen LogP contribution in [0.3, 0.4) is 0 Å². The highest BCUT2D eigenvalue weighted by Crippen LogP contribution is 2.18. The number of aromatic nitrogens is 5. The van der Waals surface area contributed by atoms with Crippen molar-refractivity contribution in [3.05, 3.63) is 47.9 Å². The van der Waals surface area contributed by atoms with Crippen LogP contribution in [0.1, 0.15) is 17.6 Å². The molecule has 0 spiro atoms. The van der Waals surface area contributed by atoms with Gasteiger partial charge in [-0.05, 0) is 17.3 Å². The summed E-state index contributed by atoms with van der Waals surface area (Å²) in [6.45, 7) is 0. The van der Waals surface area contributed by atoms with Crippen molar-refractivity contribution in [1.29, 1.82) is 0 Å². The lowest BCUT2D eigenvalue weighted by molar-refractivity contribution is 0.525. The molecule has 0 aliphatic rings. The van der Waals surface area contributed by atoms with Gasteiger partial charge in [0.05, 0.1) is 24.3 Å². The predicted octanol–water partition coefficient (Wildman–Crippen LogP) is 0.505. The number of hydrazine groups is 1. The molecule has 0 amide bonds. The maximum atomic E-state index is 5.63. The minimum Gasteiger partial charge on any atom is -0.271 e. The third kappa shape index (κ3) is 2.49. The second-order valence-corrected chi connectivity index (χ2v) is 4.55. The average molecular weight is 269 g/mol. The smallest absolute Gasteiger partial charge is 0.176 e. The second-order valence-electron chi connectivity index (χ2n) is 4.55. The van der Waals surface area contributed by atoms with Crippen LogP contribution in [0.5, 0.6) is 0 Å². The molecule has 3 N–H and O–H groups in total. The van der Waals surface area contributed by atoms with Crippen molar-refractivity contribution < 1.29 is 0 Å². The van der Waals surface area contributed by atoms with E-state index in [2.05, 4.69) is 25.8 Å². The Morgan fingerprint density at radius 1 is 1.25 bits per heavy atom. The van der Waals surface area contributed by atoms with Crippen LogP contribution in [-0.4, -0.2) is 25.2 Å². The minimum absolute atomic E-state index is 0.149. The number of pyridine rings is 1. The van der Waals surface area contributed by atoms with E-state index in [0.717, 1.165) is 16.6 Å².